The summed E-state index contributed by atoms with van der Waals surface area (Å²) in [5.41, 5.74) is 2.60. The maximum Gasteiger partial charge on any atom is 0.245 e. The standard InChI is InChI=1S/C27H30Cl2N4O3S/c1-20-4-2-5-23(29)27(20)37(35,36)33-17-16-31-11-3-6-24(31)25(33)18-26(34)32-14-12-30(13-15-32)19-21-7-9-22(28)10-8-21/h2-11,25H,12-19H2,1H3. The molecule has 10 heteroatoms. The third kappa shape index (κ3) is 5.45. The van der Waals surface area contributed by atoms with Gasteiger partial charge in [0.05, 0.1) is 11.1 Å². The molecule has 2 aliphatic rings. The number of aryl methyl sites for hydroxylation is 1. The lowest BCUT2D eigenvalue weighted by molar-refractivity contribution is -0.134. The molecule has 5 rings (SSSR count). The van der Waals surface area contributed by atoms with E-state index in [1.165, 1.54) is 9.87 Å². The Balaban J connectivity index is 1.31. The van der Waals surface area contributed by atoms with Crippen molar-refractivity contribution in [3.63, 3.8) is 0 Å². The van der Waals surface area contributed by atoms with E-state index in [-0.39, 0.29) is 28.8 Å². The molecule has 0 aliphatic carbocycles. The Hall–Kier alpha value is -2.36. The summed E-state index contributed by atoms with van der Waals surface area (Å²) in [5, 5.41) is 0.914. The number of nitrogens with zero attached hydrogens (tertiary/aromatic N) is 4. The van der Waals surface area contributed by atoms with Gasteiger partial charge in [-0.1, -0.05) is 47.5 Å². The van der Waals surface area contributed by atoms with Crippen molar-refractivity contribution < 1.29 is 13.2 Å². The Labute approximate surface area is 228 Å². The number of fused-ring (bicyclic) bond motifs is 1. The summed E-state index contributed by atoms with van der Waals surface area (Å²) in [4.78, 5) is 17.8. The van der Waals surface area contributed by atoms with E-state index in [1.807, 2.05) is 52.1 Å². The van der Waals surface area contributed by atoms with E-state index in [4.69, 9.17) is 23.2 Å². The predicted molar refractivity (Wildman–Crippen MR) is 145 cm³/mol. The normalized spacial score (nSPS) is 19.1. The first-order valence-electron chi connectivity index (χ1n) is 12.4. The van der Waals surface area contributed by atoms with Crippen molar-refractivity contribution in [2.45, 2.75) is 37.4 Å². The predicted octanol–water partition coefficient (Wildman–Crippen LogP) is 4.58. The molecule has 0 spiro atoms. The highest BCUT2D eigenvalue weighted by Crippen LogP contribution is 2.37. The fourth-order valence-electron chi connectivity index (χ4n) is 5.30. The van der Waals surface area contributed by atoms with Gasteiger partial charge in [0.1, 0.15) is 4.90 Å². The zero-order chi connectivity index (χ0) is 26.2. The third-order valence-corrected chi connectivity index (χ3v) is 10.0. The summed E-state index contributed by atoms with van der Waals surface area (Å²) in [6.45, 7) is 6.09. The lowest BCUT2D eigenvalue weighted by atomic mass is 10.1. The van der Waals surface area contributed by atoms with Crippen molar-refractivity contribution in [1.29, 1.82) is 0 Å². The number of carbonyl (C=O) groups is 1. The van der Waals surface area contributed by atoms with Gasteiger partial charge in [-0.3, -0.25) is 9.69 Å². The van der Waals surface area contributed by atoms with Gasteiger partial charge in [0.15, 0.2) is 0 Å². The van der Waals surface area contributed by atoms with Crippen molar-refractivity contribution in [3.05, 3.63) is 87.7 Å². The van der Waals surface area contributed by atoms with Gasteiger partial charge in [0.2, 0.25) is 15.9 Å². The number of sulfonamides is 1. The summed E-state index contributed by atoms with van der Waals surface area (Å²) < 4.78 is 31.2. The molecule has 0 bridgehead atoms. The van der Waals surface area contributed by atoms with Gasteiger partial charge < -0.3 is 9.47 Å². The zero-order valence-corrected chi connectivity index (χ0v) is 23.0. The molecule has 0 radical (unpaired) electrons. The number of hydrogen-bond acceptors (Lipinski definition) is 4. The largest absolute Gasteiger partial charge is 0.349 e. The molecule has 196 valence electrons. The second-order valence-corrected chi connectivity index (χ2v) is 12.3. The van der Waals surface area contributed by atoms with Crippen LogP contribution in [0, 0.1) is 6.92 Å². The summed E-state index contributed by atoms with van der Waals surface area (Å²) in [6.07, 6.45) is 2.02. The molecule has 0 N–H and O–H groups in total. The average Bonchev–Trinajstić information content (AvgIpc) is 3.35. The first-order chi connectivity index (χ1) is 17.7. The molecular formula is C27H30Cl2N4O3S. The van der Waals surface area contributed by atoms with Gasteiger partial charge in [0.25, 0.3) is 0 Å². The van der Waals surface area contributed by atoms with Crippen LogP contribution < -0.4 is 0 Å². The Morgan fingerprint density at radius 1 is 0.919 bits per heavy atom. The highest BCUT2D eigenvalue weighted by molar-refractivity contribution is 7.89. The van der Waals surface area contributed by atoms with Crippen molar-refractivity contribution in [1.82, 2.24) is 18.7 Å². The lowest BCUT2D eigenvalue weighted by Crippen LogP contribution is -2.50. The topological polar surface area (TPSA) is 65.9 Å². The van der Waals surface area contributed by atoms with Gasteiger partial charge in [-0.05, 0) is 48.4 Å². The Bertz CT molecular complexity index is 1360. The van der Waals surface area contributed by atoms with E-state index in [0.29, 0.717) is 30.2 Å². The monoisotopic (exact) mass is 560 g/mol. The second kappa shape index (κ2) is 10.8. The maximum absolute atomic E-state index is 13.9. The van der Waals surface area contributed by atoms with Gasteiger partial charge in [-0.25, -0.2) is 8.42 Å². The van der Waals surface area contributed by atoms with E-state index in [2.05, 4.69) is 4.90 Å². The second-order valence-electron chi connectivity index (χ2n) is 9.63. The van der Waals surface area contributed by atoms with Crippen molar-refractivity contribution in [3.8, 4) is 0 Å². The average molecular weight is 562 g/mol. The third-order valence-electron chi connectivity index (χ3n) is 7.26. The summed E-state index contributed by atoms with van der Waals surface area (Å²) >= 11 is 12.4. The van der Waals surface area contributed by atoms with Crippen LogP contribution in [0.3, 0.4) is 0 Å². The number of rotatable bonds is 6. The molecule has 1 unspecified atom stereocenters. The molecule has 1 amide bonds. The number of amides is 1. The molecular weight excluding hydrogens is 531 g/mol. The molecule has 2 aromatic carbocycles. The van der Waals surface area contributed by atoms with Gasteiger partial charge in [-0.15, -0.1) is 0 Å². The van der Waals surface area contributed by atoms with E-state index in [0.717, 1.165) is 25.3 Å². The fraction of sp³-hybridized carbons (Fsp3) is 0.370. The number of benzene rings is 2. The van der Waals surface area contributed by atoms with Gasteiger partial charge in [-0.2, -0.15) is 4.31 Å². The highest BCUT2D eigenvalue weighted by atomic mass is 35.5. The summed E-state index contributed by atoms with van der Waals surface area (Å²) in [6, 6.07) is 16.1. The summed E-state index contributed by atoms with van der Waals surface area (Å²) in [5.74, 6) is -0.0399. The van der Waals surface area contributed by atoms with Crippen LogP contribution in [0.1, 0.15) is 29.3 Å². The molecule has 1 saturated heterocycles. The SMILES string of the molecule is Cc1cccc(Cl)c1S(=O)(=O)N1CCn2cccc2C1CC(=O)N1CCN(Cc2ccc(Cl)cc2)CC1. The molecule has 0 saturated carbocycles. The smallest absolute Gasteiger partial charge is 0.245 e. The Morgan fingerprint density at radius 2 is 1.65 bits per heavy atom. The van der Waals surface area contributed by atoms with Crippen LogP contribution in [0.5, 0.6) is 0 Å². The summed E-state index contributed by atoms with van der Waals surface area (Å²) in [7, 11) is -3.92. The lowest BCUT2D eigenvalue weighted by Gasteiger charge is -2.39. The zero-order valence-electron chi connectivity index (χ0n) is 20.7. The maximum atomic E-state index is 13.9. The fourth-order valence-corrected chi connectivity index (χ4v) is 7.80. The van der Waals surface area contributed by atoms with E-state index in [1.54, 1.807) is 25.1 Å². The van der Waals surface area contributed by atoms with Gasteiger partial charge >= 0.3 is 0 Å². The minimum absolute atomic E-state index is 0.0399. The Kier molecular flexibility index (Phi) is 7.65. The quantitative estimate of drug-likeness (QED) is 0.442. The van der Waals surface area contributed by atoms with Crippen molar-refractivity contribution in [2.75, 3.05) is 32.7 Å². The van der Waals surface area contributed by atoms with E-state index < -0.39 is 16.1 Å². The number of piperazine rings is 1. The number of carbonyl (C=O) groups excluding carboxylic acids is 1. The minimum atomic E-state index is -3.92. The molecule has 3 heterocycles. The van der Waals surface area contributed by atoms with Crippen LogP contribution in [0.15, 0.2) is 65.7 Å². The number of halogens is 2. The van der Waals surface area contributed by atoms with Crippen LogP contribution in [0.25, 0.3) is 0 Å². The van der Waals surface area contributed by atoms with Gasteiger partial charge in [0, 0.05) is 69.1 Å². The minimum Gasteiger partial charge on any atom is -0.349 e. The molecule has 37 heavy (non-hydrogen) atoms. The van der Waals surface area contributed by atoms with Crippen LogP contribution >= 0.6 is 23.2 Å². The molecule has 3 aromatic rings. The Morgan fingerprint density at radius 3 is 2.35 bits per heavy atom. The van der Waals surface area contributed by atoms with Crippen LogP contribution in [-0.4, -0.2) is 65.7 Å². The first kappa shape index (κ1) is 26.3. The van der Waals surface area contributed by atoms with E-state index in [9.17, 15) is 13.2 Å². The molecule has 1 aromatic heterocycles. The van der Waals surface area contributed by atoms with Crippen molar-refractivity contribution >= 4 is 39.1 Å². The molecule has 1 atom stereocenters. The van der Waals surface area contributed by atoms with Crippen LogP contribution in [-0.2, 0) is 27.9 Å². The molecule has 2 aliphatic heterocycles. The number of hydrogen-bond donors (Lipinski definition) is 0. The van der Waals surface area contributed by atoms with E-state index >= 15 is 0 Å². The van der Waals surface area contributed by atoms with Crippen LogP contribution in [0.2, 0.25) is 10.0 Å². The number of aromatic nitrogens is 1. The molecule has 1 fully saturated rings. The first-order valence-corrected chi connectivity index (χ1v) is 14.6. The highest BCUT2D eigenvalue weighted by Gasteiger charge is 2.40. The van der Waals surface area contributed by atoms with Crippen LogP contribution in [0.4, 0.5) is 0 Å². The van der Waals surface area contributed by atoms with Crippen molar-refractivity contribution in [2.24, 2.45) is 0 Å². The molecule has 7 nitrogen and oxygen atoms in total.